The zero-order valence-corrected chi connectivity index (χ0v) is 33.1. The molecule has 0 radical (unpaired) electrons. The Bertz CT molecular complexity index is 2010. The maximum atomic E-state index is 14.0. The number of rotatable bonds is 2. The molecule has 2 aliphatic carbocycles. The molecule has 1 amide bonds. The van der Waals surface area contributed by atoms with Crippen molar-refractivity contribution in [2.24, 2.45) is 17.8 Å². The van der Waals surface area contributed by atoms with Gasteiger partial charge in [0.25, 0.3) is 5.91 Å². The molecule has 284 valence electrons. The Morgan fingerprint density at radius 2 is 1.91 bits per heavy atom. The van der Waals surface area contributed by atoms with Gasteiger partial charge in [0, 0.05) is 65.9 Å². The van der Waals surface area contributed by atoms with E-state index in [0.29, 0.717) is 25.1 Å². The highest BCUT2D eigenvalue weighted by molar-refractivity contribution is 7.99. The SMILES string of the molecule is C=S1(=O)NC(=O)c2ccc3c(c2)N(C[C@@H]2CC[C@H]2[C@@](O)(CN2CCc4cnc(C)cc4C2)CCC[C@H](C)[C@H]1C)C[C@@]1(CCCc2cc(Cl)ccc21)CO3. The van der Waals surface area contributed by atoms with Crippen LogP contribution in [0.2, 0.25) is 5.02 Å². The fraction of sp³-hybridized carbons (Fsp3) is 0.558. The number of β-amino-alcohol motifs (C(OH)–C–C–N with tert-alkyl or cyclic N) is 1. The Labute approximate surface area is 320 Å². The maximum absolute atomic E-state index is 14.0. The lowest BCUT2D eigenvalue weighted by molar-refractivity contribution is -0.107. The van der Waals surface area contributed by atoms with Crippen LogP contribution in [0, 0.1) is 24.7 Å². The number of fused-ring (bicyclic) bond motifs is 5. The Morgan fingerprint density at radius 3 is 2.72 bits per heavy atom. The number of carbonyl (C=O) groups is 1. The summed E-state index contributed by atoms with van der Waals surface area (Å²) in [6.45, 7) is 10.4. The van der Waals surface area contributed by atoms with Crippen LogP contribution in [0.4, 0.5) is 5.69 Å². The molecule has 3 aromatic rings. The molecular formula is C43H55ClN4O4S. The minimum atomic E-state index is -2.96. The number of pyridine rings is 1. The molecule has 7 atom stereocenters. The van der Waals surface area contributed by atoms with E-state index in [2.05, 4.69) is 50.5 Å². The van der Waals surface area contributed by atoms with Crippen molar-refractivity contribution in [1.29, 1.82) is 0 Å². The largest absolute Gasteiger partial charge is 0.490 e. The number of anilines is 1. The second kappa shape index (κ2) is 14.2. The van der Waals surface area contributed by atoms with E-state index in [1.165, 1.54) is 22.3 Å². The summed E-state index contributed by atoms with van der Waals surface area (Å²) in [6, 6.07) is 14.1. The minimum absolute atomic E-state index is 0.0485. The molecule has 2 aromatic carbocycles. The molecule has 1 aromatic heterocycles. The monoisotopic (exact) mass is 758 g/mol. The Balaban J connectivity index is 1.17. The Morgan fingerprint density at radius 1 is 1.06 bits per heavy atom. The van der Waals surface area contributed by atoms with E-state index >= 15 is 0 Å². The summed E-state index contributed by atoms with van der Waals surface area (Å²) in [5.41, 5.74) is 6.44. The molecule has 1 fully saturated rings. The average molecular weight is 759 g/mol. The number of amides is 1. The molecule has 1 spiro atoms. The minimum Gasteiger partial charge on any atom is -0.490 e. The van der Waals surface area contributed by atoms with Crippen molar-refractivity contribution in [3.63, 3.8) is 0 Å². The van der Waals surface area contributed by atoms with Gasteiger partial charge < -0.3 is 14.7 Å². The van der Waals surface area contributed by atoms with Crippen LogP contribution in [-0.4, -0.2) is 74.6 Å². The van der Waals surface area contributed by atoms with Gasteiger partial charge in [-0.05, 0) is 147 Å². The van der Waals surface area contributed by atoms with Gasteiger partial charge in [0.15, 0.2) is 0 Å². The molecule has 53 heavy (non-hydrogen) atoms. The first-order valence-electron chi connectivity index (χ1n) is 19.7. The van der Waals surface area contributed by atoms with E-state index in [9.17, 15) is 14.1 Å². The maximum Gasteiger partial charge on any atom is 0.262 e. The molecule has 3 aliphatic heterocycles. The highest BCUT2D eigenvalue weighted by atomic mass is 35.5. The van der Waals surface area contributed by atoms with E-state index < -0.39 is 15.3 Å². The zero-order valence-electron chi connectivity index (χ0n) is 31.5. The van der Waals surface area contributed by atoms with Crippen LogP contribution in [0.15, 0.2) is 48.7 Å². The molecule has 1 unspecified atom stereocenters. The number of hydrogen-bond acceptors (Lipinski definition) is 7. The third-order valence-corrected chi connectivity index (χ3v) is 16.0. The molecule has 10 heteroatoms. The van der Waals surface area contributed by atoms with E-state index in [-0.39, 0.29) is 34.3 Å². The van der Waals surface area contributed by atoms with Gasteiger partial charge in [0.1, 0.15) is 5.75 Å². The third-order valence-electron chi connectivity index (χ3n) is 13.6. The predicted molar refractivity (Wildman–Crippen MR) is 215 cm³/mol. The van der Waals surface area contributed by atoms with Gasteiger partial charge in [0.05, 0.1) is 27.6 Å². The van der Waals surface area contributed by atoms with Gasteiger partial charge in [0.2, 0.25) is 0 Å². The number of halogens is 1. The standard InChI is InChI=1S/C43H55ClN4O4S/c1-28-7-5-17-43(50,26-47-18-15-33-22-45-29(2)19-35(33)23-47)38-12-9-34(38)24-48-25-42(16-6-8-31-20-36(44)11-13-37(31)42)27-52-40-14-10-32(21-39(40)48)41(49)46-53(4,51)30(28)3/h10-11,13-14,19-22,28,30,34,38,50H,4-9,12,15-18,23-27H2,1-3H3,(H,46,49,51)/t28-,30+,34-,38+,42-,43-,53?/m0/s1. The number of aliphatic hydroxyl groups is 1. The summed E-state index contributed by atoms with van der Waals surface area (Å²) < 4.78 is 23.6. The number of ether oxygens (including phenoxy) is 1. The fourth-order valence-corrected chi connectivity index (χ4v) is 11.9. The van der Waals surface area contributed by atoms with Crippen LogP contribution in [0.3, 0.4) is 0 Å². The number of nitrogens with zero attached hydrogens (tertiary/aromatic N) is 3. The lowest BCUT2D eigenvalue weighted by Gasteiger charge is -2.51. The van der Waals surface area contributed by atoms with Gasteiger partial charge in [-0.15, -0.1) is 0 Å². The molecular weight excluding hydrogens is 704 g/mol. The molecule has 2 bridgehead atoms. The highest BCUT2D eigenvalue weighted by Gasteiger charge is 2.49. The van der Waals surface area contributed by atoms with Crippen LogP contribution in [0.1, 0.15) is 97.1 Å². The quantitative estimate of drug-likeness (QED) is 0.275. The van der Waals surface area contributed by atoms with E-state index in [1.54, 1.807) is 6.07 Å². The van der Waals surface area contributed by atoms with Crippen LogP contribution < -0.4 is 14.4 Å². The Hall–Kier alpha value is -3.11. The molecule has 4 heterocycles. The second-order valence-electron chi connectivity index (χ2n) is 17.1. The fourth-order valence-electron chi connectivity index (χ4n) is 10.2. The highest BCUT2D eigenvalue weighted by Crippen LogP contribution is 2.49. The summed E-state index contributed by atoms with van der Waals surface area (Å²) >= 11 is 6.51. The normalized spacial score (nSPS) is 33.4. The topological polar surface area (TPSA) is 95.0 Å². The van der Waals surface area contributed by atoms with Gasteiger partial charge in [-0.3, -0.25) is 19.4 Å². The van der Waals surface area contributed by atoms with Crippen molar-refractivity contribution in [3.05, 3.63) is 87.2 Å². The van der Waals surface area contributed by atoms with E-state index in [0.717, 1.165) is 99.7 Å². The van der Waals surface area contributed by atoms with Crippen molar-refractivity contribution >= 4 is 38.8 Å². The first-order chi connectivity index (χ1) is 25.3. The zero-order chi connectivity index (χ0) is 37.1. The van der Waals surface area contributed by atoms with E-state index in [4.69, 9.17) is 16.3 Å². The van der Waals surface area contributed by atoms with Crippen LogP contribution >= 0.6 is 11.6 Å². The number of hydrogen-bond donors (Lipinski definition) is 2. The molecule has 1 saturated carbocycles. The number of benzene rings is 2. The van der Waals surface area contributed by atoms with Gasteiger partial charge in [-0.2, -0.15) is 0 Å². The van der Waals surface area contributed by atoms with Crippen LogP contribution in [0.25, 0.3) is 0 Å². The van der Waals surface area contributed by atoms with Crippen molar-refractivity contribution < 1.29 is 18.8 Å². The van der Waals surface area contributed by atoms with Crippen molar-refractivity contribution in [2.45, 2.75) is 101 Å². The number of carbonyl (C=O) groups excluding carboxylic acids is 1. The van der Waals surface area contributed by atoms with Crippen molar-refractivity contribution in [3.8, 4) is 5.75 Å². The predicted octanol–water partition coefficient (Wildman–Crippen LogP) is 6.90. The first kappa shape index (κ1) is 36.8. The smallest absolute Gasteiger partial charge is 0.262 e. The van der Waals surface area contributed by atoms with Gasteiger partial charge in [-0.25, -0.2) is 4.21 Å². The number of aromatic nitrogens is 1. The average Bonchev–Trinajstić information content (AvgIpc) is 3.25. The van der Waals surface area contributed by atoms with Crippen LogP contribution in [-0.2, 0) is 34.5 Å². The Kier molecular flexibility index (Phi) is 9.87. The summed E-state index contributed by atoms with van der Waals surface area (Å²) in [5.74, 6) is 4.90. The molecule has 5 aliphatic rings. The summed E-state index contributed by atoms with van der Waals surface area (Å²) in [4.78, 5) is 23.2. The van der Waals surface area contributed by atoms with Gasteiger partial charge >= 0.3 is 0 Å². The van der Waals surface area contributed by atoms with E-state index in [1.807, 2.05) is 38.2 Å². The van der Waals surface area contributed by atoms with Crippen molar-refractivity contribution in [2.75, 3.05) is 37.7 Å². The third kappa shape index (κ3) is 7.12. The molecule has 8 rings (SSSR count). The lowest BCUT2D eigenvalue weighted by Crippen LogP contribution is -2.57. The molecule has 2 N–H and O–H groups in total. The number of aryl methyl sites for hydroxylation is 2. The molecule has 0 saturated heterocycles. The molecule has 8 nitrogen and oxygen atoms in total. The van der Waals surface area contributed by atoms with Crippen molar-refractivity contribution in [1.82, 2.24) is 14.6 Å². The summed E-state index contributed by atoms with van der Waals surface area (Å²) in [6.07, 6.45) is 10.3. The summed E-state index contributed by atoms with van der Waals surface area (Å²) in [5, 5.41) is 13.4. The van der Waals surface area contributed by atoms with Crippen LogP contribution in [0.5, 0.6) is 5.75 Å². The lowest BCUT2D eigenvalue weighted by atomic mass is 9.62. The second-order valence-corrected chi connectivity index (χ2v) is 20.0. The van der Waals surface area contributed by atoms with Gasteiger partial charge in [-0.1, -0.05) is 31.0 Å². The summed E-state index contributed by atoms with van der Waals surface area (Å²) in [7, 11) is -2.96. The first-order valence-corrected chi connectivity index (χ1v) is 21.9. The number of nitrogens with one attached hydrogen (secondary N) is 1.